The molecule has 1 atom stereocenters. The standard InChI is InChI=1S/C20H17Cl3N4O2/c1-11-18(20(28)26-7-3-4-13(26)10-29-2)19(12-5-6-14(21)15(22)8-12)27-17(24-11)9-16(23)25-27/h3-9,16,25H,10H2,1-2H3/t16-/m1/s1. The summed E-state index contributed by atoms with van der Waals surface area (Å²) in [6.07, 6.45) is 3.48. The van der Waals surface area contributed by atoms with Crippen molar-refractivity contribution in [2.75, 3.05) is 7.11 Å². The summed E-state index contributed by atoms with van der Waals surface area (Å²) in [6, 6.07) is 8.86. The number of carbonyl (C=O) groups is 1. The van der Waals surface area contributed by atoms with E-state index in [0.717, 1.165) is 5.69 Å². The van der Waals surface area contributed by atoms with E-state index in [-0.39, 0.29) is 5.91 Å². The van der Waals surface area contributed by atoms with Gasteiger partial charge in [-0.15, -0.1) is 0 Å². The molecule has 29 heavy (non-hydrogen) atoms. The molecule has 0 saturated heterocycles. The van der Waals surface area contributed by atoms with E-state index >= 15 is 0 Å². The van der Waals surface area contributed by atoms with Crippen molar-refractivity contribution >= 4 is 52.1 Å². The molecule has 2 aliphatic rings. The van der Waals surface area contributed by atoms with Gasteiger partial charge in [0, 0.05) is 18.9 Å². The van der Waals surface area contributed by atoms with E-state index in [9.17, 15) is 4.79 Å². The maximum atomic E-state index is 13.6. The molecule has 3 heterocycles. The molecule has 2 aliphatic heterocycles. The average molecular weight is 452 g/mol. The molecule has 0 unspecified atom stereocenters. The van der Waals surface area contributed by atoms with Gasteiger partial charge in [-0.25, -0.2) is 10.4 Å². The summed E-state index contributed by atoms with van der Waals surface area (Å²) >= 11 is 18.6. The SMILES string of the molecule is COCc1cccn1C(=O)C1=C(c2ccc(Cl)c(Cl)c2)N2N[C@@H](Cl)C=C2N=C1C. The zero-order valence-electron chi connectivity index (χ0n) is 15.6. The largest absolute Gasteiger partial charge is 0.378 e. The number of allylic oxidation sites excluding steroid dienone is 1. The van der Waals surface area contributed by atoms with Gasteiger partial charge in [-0.3, -0.25) is 14.4 Å². The van der Waals surface area contributed by atoms with Gasteiger partial charge in [-0.05, 0) is 37.3 Å². The lowest BCUT2D eigenvalue weighted by atomic mass is 10.00. The maximum absolute atomic E-state index is 13.6. The molecule has 2 aromatic rings. The second-order valence-electron chi connectivity index (χ2n) is 6.55. The number of carbonyl (C=O) groups excluding carboxylic acids is 1. The number of aromatic nitrogens is 1. The van der Waals surface area contributed by atoms with Crippen LogP contribution >= 0.6 is 34.8 Å². The molecule has 4 rings (SSSR count). The molecule has 9 heteroatoms. The van der Waals surface area contributed by atoms with Gasteiger partial charge in [0.05, 0.1) is 39.3 Å². The fraction of sp³-hybridized carbons (Fsp3) is 0.200. The highest BCUT2D eigenvalue weighted by molar-refractivity contribution is 6.42. The highest BCUT2D eigenvalue weighted by Gasteiger charge is 2.35. The molecule has 0 bridgehead atoms. The Bertz CT molecular complexity index is 1090. The third-order valence-electron chi connectivity index (χ3n) is 4.63. The van der Waals surface area contributed by atoms with Crippen molar-refractivity contribution in [2.24, 2.45) is 4.99 Å². The number of nitrogens with zero attached hydrogens (tertiary/aromatic N) is 3. The quantitative estimate of drug-likeness (QED) is 0.541. The number of rotatable bonds is 4. The molecule has 0 fully saturated rings. The van der Waals surface area contributed by atoms with Crippen LogP contribution < -0.4 is 5.43 Å². The third kappa shape index (κ3) is 3.63. The topological polar surface area (TPSA) is 58.9 Å². The van der Waals surface area contributed by atoms with Gasteiger partial charge >= 0.3 is 0 Å². The zero-order valence-corrected chi connectivity index (χ0v) is 17.9. The van der Waals surface area contributed by atoms with E-state index in [1.54, 1.807) is 54.1 Å². The molecule has 1 aromatic carbocycles. The summed E-state index contributed by atoms with van der Waals surface area (Å²) in [5.74, 6) is 0.382. The third-order valence-corrected chi connectivity index (χ3v) is 5.60. The van der Waals surface area contributed by atoms with Crippen molar-refractivity contribution in [3.05, 3.63) is 75.3 Å². The monoisotopic (exact) mass is 450 g/mol. The smallest absolute Gasteiger partial charge is 0.266 e. The first-order valence-electron chi connectivity index (χ1n) is 8.78. The Balaban J connectivity index is 1.92. The number of aliphatic imine (C=N–C) groups is 1. The molecule has 0 saturated carbocycles. The van der Waals surface area contributed by atoms with E-state index in [0.29, 0.717) is 45.0 Å². The van der Waals surface area contributed by atoms with Crippen LogP contribution in [0, 0.1) is 0 Å². The van der Waals surface area contributed by atoms with Gasteiger partial charge < -0.3 is 4.74 Å². The number of halogens is 3. The molecule has 0 radical (unpaired) electrons. The van der Waals surface area contributed by atoms with Crippen molar-refractivity contribution in [1.29, 1.82) is 0 Å². The molecular formula is C20H17Cl3N4O2. The van der Waals surface area contributed by atoms with Crippen molar-refractivity contribution in [2.45, 2.75) is 19.0 Å². The summed E-state index contributed by atoms with van der Waals surface area (Å²) in [6.45, 7) is 2.10. The minimum absolute atomic E-state index is 0.233. The maximum Gasteiger partial charge on any atom is 0.266 e. The van der Waals surface area contributed by atoms with Gasteiger partial charge in [-0.1, -0.05) is 40.9 Å². The summed E-state index contributed by atoms with van der Waals surface area (Å²) in [5.41, 5.74) is 5.70. The second-order valence-corrected chi connectivity index (χ2v) is 7.83. The van der Waals surface area contributed by atoms with Crippen LogP contribution in [0.2, 0.25) is 10.0 Å². The van der Waals surface area contributed by atoms with Gasteiger partial charge in [0.1, 0.15) is 11.3 Å². The Kier molecular flexibility index (Phi) is 5.55. The Hall–Kier alpha value is -2.09. The number of methoxy groups -OCH3 is 1. The van der Waals surface area contributed by atoms with Crippen LogP contribution in [0.4, 0.5) is 0 Å². The van der Waals surface area contributed by atoms with E-state index in [4.69, 9.17) is 39.5 Å². The number of fused-ring (bicyclic) bond motifs is 1. The van der Waals surface area contributed by atoms with Gasteiger partial charge in [0.2, 0.25) is 0 Å². The molecule has 0 spiro atoms. The number of hydrazine groups is 1. The number of nitrogens with one attached hydrogen (secondary N) is 1. The molecule has 6 nitrogen and oxygen atoms in total. The molecule has 0 aliphatic carbocycles. The predicted octanol–water partition coefficient (Wildman–Crippen LogP) is 4.69. The van der Waals surface area contributed by atoms with E-state index in [1.807, 2.05) is 12.1 Å². The van der Waals surface area contributed by atoms with Crippen molar-refractivity contribution in [3.63, 3.8) is 0 Å². The lowest BCUT2D eigenvalue weighted by Crippen LogP contribution is -2.38. The van der Waals surface area contributed by atoms with Crippen LogP contribution in [0.5, 0.6) is 0 Å². The minimum atomic E-state index is -0.454. The fourth-order valence-corrected chi connectivity index (χ4v) is 3.89. The van der Waals surface area contributed by atoms with Crippen LogP contribution in [0.3, 0.4) is 0 Å². The molecule has 150 valence electrons. The first-order chi connectivity index (χ1) is 13.9. The zero-order chi connectivity index (χ0) is 20.7. The first-order valence-corrected chi connectivity index (χ1v) is 9.97. The van der Waals surface area contributed by atoms with E-state index in [1.165, 1.54) is 0 Å². The Labute approximate surface area is 183 Å². The highest BCUT2D eigenvalue weighted by Crippen LogP contribution is 2.37. The first kappa shape index (κ1) is 20.2. The van der Waals surface area contributed by atoms with Crippen LogP contribution in [0.1, 0.15) is 23.0 Å². The number of benzene rings is 1. The van der Waals surface area contributed by atoms with Crippen molar-refractivity contribution < 1.29 is 9.53 Å². The van der Waals surface area contributed by atoms with Gasteiger partial charge in [0.25, 0.3) is 5.91 Å². The fourth-order valence-electron chi connectivity index (χ4n) is 3.38. The highest BCUT2D eigenvalue weighted by atomic mass is 35.5. The average Bonchev–Trinajstić information content (AvgIpc) is 3.28. The summed E-state index contributed by atoms with van der Waals surface area (Å²) in [7, 11) is 1.58. The van der Waals surface area contributed by atoms with Gasteiger partial charge in [0.15, 0.2) is 0 Å². The lowest BCUT2D eigenvalue weighted by molar-refractivity contribution is 0.0945. The summed E-state index contributed by atoms with van der Waals surface area (Å²) < 4.78 is 6.77. The van der Waals surface area contributed by atoms with Crippen LogP contribution in [0.15, 0.2) is 59.0 Å². The van der Waals surface area contributed by atoms with Crippen LogP contribution in [-0.2, 0) is 11.3 Å². The molecule has 0 amide bonds. The van der Waals surface area contributed by atoms with Crippen molar-refractivity contribution in [1.82, 2.24) is 15.0 Å². The Morgan fingerprint density at radius 2 is 2.07 bits per heavy atom. The van der Waals surface area contributed by atoms with E-state index < -0.39 is 5.50 Å². The molecule has 1 N–H and O–H groups in total. The minimum Gasteiger partial charge on any atom is -0.378 e. The van der Waals surface area contributed by atoms with Crippen LogP contribution in [-0.4, -0.2) is 33.8 Å². The molecular weight excluding hydrogens is 435 g/mol. The Morgan fingerprint density at radius 3 is 2.79 bits per heavy atom. The van der Waals surface area contributed by atoms with Gasteiger partial charge in [-0.2, -0.15) is 0 Å². The molecule has 1 aromatic heterocycles. The Morgan fingerprint density at radius 1 is 1.28 bits per heavy atom. The van der Waals surface area contributed by atoms with E-state index in [2.05, 4.69) is 10.4 Å². The second kappa shape index (κ2) is 7.97. The number of hydrogen-bond acceptors (Lipinski definition) is 5. The number of ether oxygens (including phenoxy) is 1. The number of hydrogen-bond donors (Lipinski definition) is 1. The number of alkyl halides is 1. The normalized spacial score (nSPS) is 18.7. The van der Waals surface area contributed by atoms with Crippen LogP contribution in [0.25, 0.3) is 5.70 Å². The predicted molar refractivity (Wildman–Crippen MR) is 115 cm³/mol. The van der Waals surface area contributed by atoms with Crippen molar-refractivity contribution in [3.8, 4) is 0 Å². The summed E-state index contributed by atoms with van der Waals surface area (Å²) in [4.78, 5) is 18.1. The summed E-state index contributed by atoms with van der Waals surface area (Å²) in [5, 5.41) is 2.52. The lowest BCUT2D eigenvalue weighted by Gasteiger charge is -2.30.